The minimum atomic E-state index is -4.97. The van der Waals surface area contributed by atoms with Gasteiger partial charge >= 0.3 is 39.5 Å². The number of aliphatic hydroxyl groups excluding tert-OH is 1. The van der Waals surface area contributed by atoms with E-state index in [9.17, 15) is 43.2 Å². The Labute approximate surface area is 585 Å². The van der Waals surface area contributed by atoms with E-state index in [1.54, 1.807) is 0 Å². The highest BCUT2D eigenvalue weighted by Gasteiger charge is 2.30. The van der Waals surface area contributed by atoms with Crippen LogP contribution in [-0.4, -0.2) is 96.7 Å². The van der Waals surface area contributed by atoms with E-state index in [2.05, 4.69) is 76.3 Å². The van der Waals surface area contributed by atoms with Crippen molar-refractivity contribution in [2.75, 3.05) is 39.6 Å². The number of ether oxygens (including phenoxy) is 4. The van der Waals surface area contributed by atoms with E-state index >= 15 is 0 Å². The van der Waals surface area contributed by atoms with Gasteiger partial charge in [-0.3, -0.25) is 37.3 Å². The molecule has 0 heterocycles. The van der Waals surface area contributed by atoms with Crippen LogP contribution in [0.4, 0.5) is 0 Å². The Morgan fingerprint density at radius 2 is 0.542 bits per heavy atom. The first-order valence-electron chi connectivity index (χ1n) is 38.9. The maximum Gasteiger partial charge on any atom is 0.472 e. The molecule has 0 radical (unpaired) electrons. The van der Waals surface area contributed by atoms with Crippen molar-refractivity contribution in [2.45, 2.75) is 380 Å². The Morgan fingerprint density at radius 3 is 0.833 bits per heavy atom. The summed E-state index contributed by atoms with van der Waals surface area (Å²) in [5, 5.41) is 10.6. The van der Waals surface area contributed by atoms with Gasteiger partial charge in [-0.25, -0.2) is 9.13 Å². The van der Waals surface area contributed by atoms with Gasteiger partial charge in [-0.2, -0.15) is 0 Å². The number of aliphatic hydroxyl groups is 1. The first kappa shape index (κ1) is 93.0. The third-order valence-electron chi connectivity index (χ3n) is 16.8. The average molecular weight is 1400 g/mol. The standard InChI is InChI=1S/C77H142O17P2/c1-5-9-13-17-21-25-29-32-34-35-37-40-43-46-50-54-58-62-75(80)88-68-73(94-77(82)64-60-56-52-48-44-38-31-27-23-19-15-11-7-3)70-92-96(85,86)90-66-71(78)65-89-95(83,84)91-69-72(93-76(81)63-59-55-51-47-41-28-24-20-16-12-8-4)67-87-74(79)61-57-53-49-45-42-39-36-33-30-26-22-18-14-10-6-2/h9,13,21,25,32,34,37,40,71-73,78H,5-8,10-12,14-20,22-24,26-31,33,35-36,38-39,41-70H2,1-4H3,(H,83,84)(H,85,86)/b13-9-,25-21-,34-32-,40-37-. The Kier molecular flexibility index (Phi) is 68.3. The summed E-state index contributed by atoms with van der Waals surface area (Å²) in [5.74, 6) is -2.16. The van der Waals surface area contributed by atoms with Gasteiger partial charge in [-0.05, 0) is 64.2 Å². The number of rotatable bonds is 74. The summed E-state index contributed by atoms with van der Waals surface area (Å²) >= 11 is 0. The number of esters is 4. The van der Waals surface area contributed by atoms with Crippen LogP contribution in [0.1, 0.15) is 362 Å². The van der Waals surface area contributed by atoms with Gasteiger partial charge in [0.25, 0.3) is 0 Å². The lowest BCUT2D eigenvalue weighted by Gasteiger charge is -2.21. The molecule has 0 rings (SSSR count). The number of phosphoric ester groups is 2. The normalized spacial score (nSPS) is 14.2. The summed E-state index contributed by atoms with van der Waals surface area (Å²) in [7, 11) is -9.93. The van der Waals surface area contributed by atoms with Gasteiger partial charge in [-0.15, -0.1) is 0 Å². The Bertz CT molecular complexity index is 2010. The number of carbonyl (C=O) groups excluding carboxylic acids is 4. The molecule has 0 spiro atoms. The molecule has 17 nitrogen and oxygen atoms in total. The van der Waals surface area contributed by atoms with Crippen molar-refractivity contribution in [3.05, 3.63) is 48.6 Å². The molecule has 0 saturated heterocycles. The number of phosphoric acid groups is 2. The topological polar surface area (TPSA) is 237 Å². The highest BCUT2D eigenvalue weighted by Crippen LogP contribution is 2.45. The van der Waals surface area contributed by atoms with Crippen LogP contribution in [0.5, 0.6) is 0 Å². The Hall–Kier alpha value is -2.98. The maximum atomic E-state index is 13.1. The van der Waals surface area contributed by atoms with Gasteiger partial charge in [0, 0.05) is 25.7 Å². The number of hydrogen-bond acceptors (Lipinski definition) is 15. The maximum absolute atomic E-state index is 13.1. The quantitative estimate of drug-likeness (QED) is 0.0169. The average Bonchev–Trinajstić information content (AvgIpc) is 1.17. The molecule has 3 N–H and O–H groups in total. The van der Waals surface area contributed by atoms with E-state index < -0.39 is 97.5 Å². The van der Waals surface area contributed by atoms with E-state index in [0.717, 1.165) is 122 Å². The van der Waals surface area contributed by atoms with Crippen LogP contribution in [0.15, 0.2) is 48.6 Å². The molecule has 0 aromatic rings. The van der Waals surface area contributed by atoms with Crippen molar-refractivity contribution >= 4 is 39.5 Å². The van der Waals surface area contributed by atoms with Crippen LogP contribution in [0, 0.1) is 0 Å². The zero-order chi connectivity index (χ0) is 70.4. The van der Waals surface area contributed by atoms with Crippen molar-refractivity contribution in [3.8, 4) is 0 Å². The second-order valence-corrected chi connectivity index (χ2v) is 29.2. The highest BCUT2D eigenvalue weighted by atomic mass is 31.2. The van der Waals surface area contributed by atoms with Crippen molar-refractivity contribution in [1.82, 2.24) is 0 Å². The molecule has 562 valence electrons. The van der Waals surface area contributed by atoms with Crippen molar-refractivity contribution < 1.29 is 80.2 Å². The van der Waals surface area contributed by atoms with Gasteiger partial charge in [0.15, 0.2) is 12.2 Å². The largest absolute Gasteiger partial charge is 0.472 e. The predicted octanol–water partition coefficient (Wildman–Crippen LogP) is 22.1. The Morgan fingerprint density at radius 1 is 0.302 bits per heavy atom. The van der Waals surface area contributed by atoms with Gasteiger partial charge in [0.2, 0.25) is 0 Å². The number of allylic oxidation sites excluding steroid dienone is 8. The molecule has 0 aliphatic rings. The van der Waals surface area contributed by atoms with Gasteiger partial charge in [0.05, 0.1) is 26.4 Å². The van der Waals surface area contributed by atoms with E-state index in [0.29, 0.717) is 25.7 Å². The molecule has 0 amide bonds. The fourth-order valence-electron chi connectivity index (χ4n) is 10.9. The Balaban J connectivity index is 5.28. The van der Waals surface area contributed by atoms with E-state index in [1.165, 1.54) is 161 Å². The smallest absolute Gasteiger partial charge is 0.462 e. The first-order valence-corrected chi connectivity index (χ1v) is 41.9. The monoisotopic (exact) mass is 1400 g/mol. The molecule has 0 saturated carbocycles. The predicted molar refractivity (Wildman–Crippen MR) is 390 cm³/mol. The molecule has 0 aromatic carbocycles. The number of carbonyl (C=O) groups is 4. The molecular weight excluding hydrogens is 1260 g/mol. The molecule has 5 unspecified atom stereocenters. The minimum Gasteiger partial charge on any atom is -0.462 e. The number of unbranched alkanes of at least 4 members (excludes halogenated alkanes) is 40. The molecule has 0 aliphatic carbocycles. The summed E-state index contributed by atoms with van der Waals surface area (Å²) in [6, 6.07) is 0. The third kappa shape index (κ3) is 69.5. The third-order valence-corrected chi connectivity index (χ3v) is 18.7. The summed E-state index contributed by atoms with van der Waals surface area (Å²) < 4.78 is 68.5. The second kappa shape index (κ2) is 70.5. The van der Waals surface area contributed by atoms with Gasteiger partial charge < -0.3 is 33.8 Å². The molecule has 96 heavy (non-hydrogen) atoms. The van der Waals surface area contributed by atoms with Crippen LogP contribution in [0.2, 0.25) is 0 Å². The SMILES string of the molecule is CC/C=C\C/C=C\C/C=C\C/C=C\CCCCCCC(=O)OCC(COP(=O)(O)OCC(O)COP(=O)(O)OCC(COC(=O)CCCCCCCCCCCCCCCCC)OC(=O)CCCCCCCCCCCCC)OC(=O)CCCCCCCCCCCCCCC. The van der Waals surface area contributed by atoms with E-state index in [-0.39, 0.29) is 25.7 Å². The van der Waals surface area contributed by atoms with Crippen LogP contribution in [0.25, 0.3) is 0 Å². The molecule has 5 atom stereocenters. The highest BCUT2D eigenvalue weighted by molar-refractivity contribution is 7.47. The molecule has 19 heteroatoms. The summed E-state index contributed by atoms with van der Waals surface area (Å²) in [4.78, 5) is 72.8. The van der Waals surface area contributed by atoms with Crippen LogP contribution >= 0.6 is 15.6 Å². The zero-order valence-electron chi connectivity index (χ0n) is 61.3. The van der Waals surface area contributed by atoms with Crippen molar-refractivity contribution in [2.24, 2.45) is 0 Å². The second-order valence-electron chi connectivity index (χ2n) is 26.3. The molecule has 0 fully saturated rings. The summed E-state index contributed by atoms with van der Waals surface area (Å²) in [6.45, 7) is 4.80. The lowest BCUT2D eigenvalue weighted by atomic mass is 10.0. The van der Waals surface area contributed by atoms with Crippen LogP contribution in [-0.2, 0) is 65.4 Å². The zero-order valence-corrected chi connectivity index (χ0v) is 63.1. The minimum absolute atomic E-state index is 0.0966. The van der Waals surface area contributed by atoms with Crippen LogP contribution < -0.4 is 0 Å². The lowest BCUT2D eigenvalue weighted by Crippen LogP contribution is -2.30. The fourth-order valence-corrected chi connectivity index (χ4v) is 12.5. The lowest BCUT2D eigenvalue weighted by molar-refractivity contribution is -0.161. The van der Waals surface area contributed by atoms with E-state index in [1.807, 2.05) is 0 Å². The number of hydrogen-bond donors (Lipinski definition) is 3. The summed E-state index contributed by atoms with van der Waals surface area (Å²) in [5.41, 5.74) is 0. The molecule has 0 aliphatic heterocycles. The van der Waals surface area contributed by atoms with Gasteiger partial charge in [0.1, 0.15) is 19.3 Å². The van der Waals surface area contributed by atoms with Crippen molar-refractivity contribution in [3.63, 3.8) is 0 Å². The van der Waals surface area contributed by atoms with Gasteiger partial charge in [-0.1, -0.05) is 320 Å². The molecule has 0 bridgehead atoms. The molecular formula is C77H142O17P2. The fraction of sp³-hybridized carbons (Fsp3) is 0.844. The van der Waals surface area contributed by atoms with E-state index in [4.69, 9.17) is 37.0 Å². The molecule has 0 aromatic heterocycles. The van der Waals surface area contributed by atoms with Crippen LogP contribution in [0.3, 0.4) is 0 Å². The first-order chi connectivity index (χ1) is 46.7. The van der Waals surface area contributed by atoms with Crippen molar-refractivity contribution in [1.29, 1.82) is 0 Å². The summed E-state index contributed by atoms with van der Waals surface area (Å²) in [6.07, 6.45) is 66.7.